The molecule has 0 spiro atoms. The zero-order chi connectivity index (χ0) is 19.8. The predicted octanol–water partition coefficient (Wildman–Crippen LogP) is 6.79. The molecule has 0 aliphatic heterocycles. The summed E-state index contributed by atoms with van der Waals surface area (Å²) in [7, 11) is 0. The molecule has 2 heteroatoms. The topological polar surface area (TPSA) is 29.4 Å². The average molecular weight is 370 g/mol. The lowest BCUT2D eigenvalue weighted by atomic mass is 9.92. The number of hydrogen-bond acceptors (Lipinski definition) is 2. The van der Waals surface area contributed by atoms with Crippen LogP contribution in [0.3, 0.4) is 0 Å². The summed E-state index contributed by atoms with van der Waals surface area (Å²) in [5.41, 5.74) is 8.81. The molecule has 0 radical (unpaired) electrons. The minimum absolute atomic E-state index is 0.158. The summed E-state index contributed by atoms with van der Waals surface area (Å²) in [6.07, 6.45) is 7.67. The fourth-order valence-corrected chi connectivity index (χ4v) is 4.29. The highest BCUT2D eigenvalue weighted by Gasteiger charge is 2.30. The first-order chi connectivity index (χ1) is 13.5. The molecule has 0 aromatic heterocycles. The van der Waals surface area contributed by atoms with E-state index in [1.807, 2.05) is 18.3 Å². The minimum atomic E-state index is 0.158. The highest BCUT2D eigenvalue weighted by atomic mass is 16.1. The van der Waals surface area contributed by atoms with E-state index in [-0.39, 0.29) is 5.78 Å². The van der Waals surface area contributed by atoms with Crippen LogP contribution in [0, 0.1) is 0 Å². The smallest absolute Gasteiger partial charge is 0.190 e. The molecule has 0 saturated carbocycles. The number of benzene rings is 2. The van der Waals surface area contributed by atoms with Crippen LogP contribution in [0.5, 0.6) is 0 Å². The van der Waals surface area contributed by atoms with Gasteiger partial charge in [0, 0.05) is 23.8 Å². The molecular formula is C26H27NO. The molecule has 0 amide bonds. The third-order valence-electron chi connectivity index (χ3n) is 5.74. The second-order valence-corrected chi connectivity index (χ2v) is 8.28. The largest absolute Gasteiger partial charge is 0.289 e. The third kappa shape index (κ3) is 3.07. The van der Waals surface area contributed by atoms with E-state index in [1.54, 1.807) is 0 Å². The second kappa shape index (κ2) is 7.35. The van der Waals surface area contributed by atoms with Gasteiger partial charge in [0.25, 0.3) is 0 Å². The summed E-state index contributed by atoms with van der Waals surface area (Å²) in [6.45, 7) is 8.81. The Morgan fingerprint density at radius 3 is 2.36 bits per heavy atom. The van der Waals surface area contributed by atoms with Crippen LogP contribution in [-0.2, 0) is 6.42 Å². The number of para-hydroxylation sites is 1. The van der Waals surface area contributed by atoms with Gasteiger partial charge in [-0.25, -0.2) is 0 Å². The van der Waals surface area contributed by atoms with Gasteiger partial charge in [0.05, 0.1) is 5.69 Å². The molecule has 0 saturated heterocycles. The molecule has 0 bridgehead atoms. The molecule has 0 unspecified atom stereocenters. The third-order valence-corrected chi connectivity index (χ3v) is 5.74. The van der Waals surface area contributed by atoms with Crippen molar-refractivity contribution < 1.29 is 4.79 Å². The number of ketones is 1. The number of carbonyl (C=O) groups is 1. The molecular weight excluding hydrogens is 342 g/mol. The molecule has 0 N–H and O–H groups in total. The highest BCUT2D eigenvalue weighted by Crippen LogP contribution is 2.40. The summed E-state index contributed by atoms with van der Waals surface area (Å²) in [4.78, 5) is 17.9. The molecule has 28 heavy (non-hydrogen) atoms. The van der Waals surface area contributed by atoms with E-state index in [1.165, 1.54) is 16.7 Å². The Morgan fingerprint density at radius 2 is 1.68 bits per heavy atom. The van der Waals surface area contributed by atoms with Crippen LogP contribution in [0.2, 0.25) is 0 Å². The van der Waals surface area contributed by atoms with E-state index in [2.05, 4.69) is 64.1 Å². The highest BCUT2D eigenvalue weighted by molar-refractivity contribution is 6.23. The van der Waals surface area contributed by atoms with Gasteiger partial charge >= 0.3 is 0 Å². The van der Waals surface area contributed by atoms with E-state index in [9.17, 15) is 4.79 Å². The van der Waals surface area contributed by atoms with Gasteiger partial charge in [-0.1, -0.05) is 76.2 Å². The van der Waals surface area contributed by atoms with Crippen LogP contribution in [0.1, 0.15) is 78.6 Å². The number of aliphatic imine (C=N–C) groups is 1. The molecule has 2 aromatic rings. The van der Waals surface area contributed by atoms with Crippen molar-refractivity contribution in [3.8, 4) is 0 Å². The van der Waals surface area contributed by atoms with Crippen LogP contribution in [0.25, 0.3) is 5.57 Å². The fourth-order valence-electron chi connectivity index (χ4n) is 4.29. The van der Waals surface area contributed by atoms with Crippen molar-refractivity contribution in [2.75, 3.05) is 0 Å². The number of Topliss-reactive ketones (excluding diaryl/α,β-unsaturated/α-hetero) is 1. The van der Waals surface area contributed by atoms with Crippen LogP contribution in [0.15, 0.2) is 59.1 Å². The first kappa shape index (κ1) is 18.6. The Bertz CT molecular complexity index is 1010. The lowest BCUT2D eigenvalue weighted by Crippen LogP contribution is -2.00. The minimum Gasteiger partial charge on any atom is -0.289 e. The van der Waals surface area contributed by atoms with Gasteiger partial charge in [-0.15, -0.1) is 0 Å². The monoisotopic (exact) mass is 369 g/mol. The van der Waals surface area contributed by atoms with Crippen molar-refractivity contribution >= 4 is 23.3 Å². The molecule has 2 aliphatic carbocycles. The molecule has 2 nitrogen and oxygen atoms in total. The van der Waals surface area contributed by atoms with E-state index < -0.39 is 0 Å². The quantitative estimate of drug-likeness (QED) is 0.534. The Morgan fingerprint density at radius 1 is 1.00 bits per heavy atom. The van der Waals surface area contributed by atoms with Crippen molar-refractivity contribution in [1.82, 2.24) is 0 Å². The lowest BCUT2D eigenvalue weighted by molar-refractivity contribution is 0.103. The number of allylic oxidation sites excluding steroid dienone is 4. The number of carbonyl (C=O) groups excluding carboxylic acids is 1. The summed E-state index contributed by atoms with van der Waals surface area (Å²) in [6, 6.07) is 12.5. The first-order valence-electron chi connectivity index (χ1n) is 10.2. The van der Waals surface area contributed by atoms with Gasteiger partial charge in [0.1, 0.15) is 0 Å². The molecule has 0 fully saturated rings. The Kier molecular flexibility index (Phi) is 4.89. The van der Waals surface area contributed by atoms with Crippen molar-refractivity contribution in [3.63, 3.8) is 0 Å². The maximum absolute atomic E-state index is 13.0. The first-order valence-corrected chi connectivity index (χ1v) is 10.2. The molecule has 0 heterocycles. The zero-order valence-electron chi connectivity index (χ0n) is 17.1. The molecule has 142 valence electrons. The average Bonchev–Trinajstić information content (AvgIpc) is 2.96. The number of nitrogens with zero attached hydrogens (tertiary/aromatic N) is 1. The zero-order valence-corrected chi connectivity index (χ0v) is 17.1. The van der Waals surface area contributed by atoms with Crippen molar-refractivity contribution in [2.24, 2.45) is 4.99 Å². The summed E-state index contributed by atoms with van der Waals surface area (Å²) in [5, 5.41) is 0. The van der Waals surface area contributed by atoms with Gasteiger partial charge in [-0.2, -0.15) is 0 Å². The van der Waals surface area contributed by atoms with Gasteiger partial charge in [-0.05, 0) is 46.1 Å². The van der Waals surface area contributed by atoms with Crippen molar-refractivity contribution in [3.05, 3.63) is 81.9 Å². The van der Waals surface area contributed by atoms with Crippen molar-refractivity contribution in [1.29, 1.82) is 0 Å². The van der Waals surface area contributed by atoms with Crippen LogP contribution >= 0.6 is 0 Å². The Hall–Kier alpha value is -2.74. The summed E-state index contributed by atoms with van der Waals surface area (Å²) in [5.74, 6) is 0.981. The number of rotatable bonds is 5. The second-order valence-electron chi connectivity index (χ2n) is 8.28. The standard InChI is InChI=1S/C26H27NO/c1-16(2)19-10-7-11-20(17(3)4)25(19)27-15-14-22-21-12-5-8-18-9-6-13-23(24(18)21)26(22)28/h5-7,9-13,15-17H,8,14H2,1-4H3. The van der Waals surface area contributed by atoms with E-state index in [4.69, 9.17) is 4.99 Å². The normalized spacial score (nSPS) is 15.4. The predicted molar refractivity (Wildman–Crippen MR) is 118 cm³/mol. The van der Waals surface area contributed by atoms with E-state index in [0.29, 0.717) is 18.3 Å². The Labute approximate surface area is 167 Å². The van der Waals surface area contributed by atoms with Gasteiger partial charge < -0.3 is 0 Å². The van der Waals surface area contributed by atoms with Gasteiger partial charge in [0.15, 0.2) is 5.78 Å². The lowest BCUT2D eigenvalue weighted by Gasteiger charge is -2.16. The molecule has 0 atom stereocenters. The maximum Gasteiger partial charge on any atom is 0.190 e. The summed E-state index contributed by atoms with van der Waals surface area (Å²) >= 11 is 0. The number of hydrogen-bond donors (Lipinski definition) is 0. The van der Waals surface area contributed by atoms with Crippen LogP contribution in [0.4, 0.5) is 5.69 Å². The van der Waals surface area contributed by atoms with Crippen molar-refractivity contribution in [2.45, 2.75) is 52.4 Å². The summed E-state index contributed by atoms with van der Waals surface area (Å²) < 4.78 is 0. The van der Waals surface area contributed by atoms with Crippen LogP contribution in [-0.4, -0.2) is 12.0 Å². The van der Waals surface area contributed by atoms with Crippen LogP contribution < -0.4 is 0 Å². The molecule has 4 rings (SSSR count). The SMILES string of the molecule is CC(C)c1cccc(C(C)C)c1N=CCC1=C2C=CCc3cccc(c32)C1=O. The van der Waals surface area contributed by atoms with E-state index in [0.717, 1.165) is 34.4 Å². The fraction of sp³-hybridized carbons (Fsp3) is 0.308. The van der Waals surface area contributed by atoms with Gasteiger partial charge in [-0.3, -0.25) is 9.79 Å². The molecule has 2 aromatic carbocycles. The van der Waals surface area contributed by atoms with Gasteiger partial charge in [0.2, 0.25) is 0 Å². The van der Waals surface area contributed by atoms with E-state index >= 15 is 0 Å². The molecule has 2 aliphatic rings. The maximum atomic E-state index is 13.0. The Balaban J connectivity index is 1.69.